The molecule has 40 heavy (non-hydrogen) atoms. The lowest BCUT2D eigenvalue weighted by molar-refractivity contribution is 0.0523. The van der Waals surface area contributed by atoms with Gasteiger partial charge in [-0.15, -0.1) is 0 Å². The minimum Gasteiger partial charge on any atom is -0.507 e. The number of aliphatic hydroxyl groups is 1. The van der Waals surface area contributed by atoms with Crippen LogP contribution < -0.4 is 5.56 Å². The molecule has 0 spiro atoms. The molecule has 3 aliphatic rings. The van der Waals surface area contributed by atoms with Crippen LogP contribution in [0.25, 0.3) is 22.9 Å². The highest BCUT2D eigenvalue weighted by atomic mass is 16.3. The quantitative estimate of drug-likeness (QED) is 0.381. The highest BCUT2D eigenvalue weighted by Crippen LogP contribution is 2.33. The first-order valence-corrected chi connectivity index (χ1v) is 15.1. The SMILES string of the molecule is O=C(c1ccc2nc(/C=C(\O)c3ccc(C4CCCCC4)cc3)c(=O)[nH]c2c1)N1CCN(C2CCCCC2)CC1. The molecule has 1 aliphatic heterocycles. The number of nitrogens with one attached hydrogen (secondary N) is 1. The minimum absolute atomic E-state index is 0.00621. The number of carbonyl (C=O) groups excluding carboxylic acids is 1. The van der Waals surface area contributed by atoms with Crippen LogP contribution in [0.4, 0.5) is 0 Å². The summed E-state index contributed by atoms with van der Waals surface area (Å²) in [6, 6.07) is 13.9. The van der Waals surface area contributed by atoms with Gasteiger partial charge in [-0.1, -0.05) is 62.8 Å². The standard InChI is InChI=1S/C33H40N4O3/c38-31(25-13-11-24(12-14-25)23-7-3-1-4-8-23)22-30-32(39)35-29-21-26(15-16-28(29)34-30)33(40)37-19-17-36(18-20-37)27-9-5-2-6-10-27/h11-16,21-23,27,38H,1-10,17-20H2,(H,35,39)/b31-22-. The third kappa shape index (κ3) is 5.85. The summed E-state index contributed by atoms with van der Waals surface area (Å²) < 4.78 is 0. The number of nitrogens with zero attached hydrogens (tertiary/aromatic N) is 3. The van der Waals surface area contributed by atoms with Crippen molar-refractivity contribution in [1.82, 2.24) is 19.8 Å². The van der Waals surface area contributed by atoms with Gasteiger partial charge in [0.05, 0.1) is 11.0 Å². The van der Waals surface area contributed by atoms with Crippen LogP contribution >= 0.6 is 0 Å². The molecule has 2 N–H and O–H groups in total. The van der Waals surface area contributed by atoms with Gasteiger partial charge in [0.1, 0.15) is 11.5 Å². The number of H-pyrrole nitrogens is 1. The summed E-state index contributed by atoms with van der Waals surface area (Å²) >= 11 is 0. The maximum absolute atomic E-state index is 13.3. The normalized spacial score (nSPS) is 20.2. The number of amides is 1. The summed E-state index contributed by atoms with van der Waals surface area (Å²) in [5, 5.41) is 10.7. The minimum atomic E-state index is -0.399. The molecule has 0 unspecified atom stereocenters. The predicted molar refractivity (Wildman–Crippen MR) is 159 cm³/mol. The summed E-state index contributed by atoms with van der Waals surface area (Å²) in [5.74, 6) is 0.595. The maximum atomic E-state index is 13.3. The molecule has 7 heteroatoms. The maximum Gasteiger partial charge on any atom is 0.274 e. The van der Waals surface area contributed by atoms with Crippen molar-refractivity contribution in [3.05, 3.63) is 75.2 Å². The molecule has 1 saturated heterocycles. The molecular formula is C33H40N4O3. The second kappa shape index (κ2) is 12.0. The molecule has 210 valence electrons. The van der Waals surface area contributed by atoms with E-state index in [4.69, 9.17) is 0 Å². The highest BCUT2D eigenvalue weighted by molar-refractivity contribution is 5.97. The number of hydrogen-bond acceptors (Lipinski definition) is 5. The monoisotopic (exact) mass is 540 g/mol. The van der Waals surface area contributed by atoms with Crippen molar-refractivity contribution < 1.29 is 9.90 Å². The summed E-state index contributed by atoms with van der Waals surface area (Å²) in [5.41, 5.74) is 3.36. The Morgan fingerprint density at radius 3 is 2.20 bits per heavy atom. The van der Waals surface area contributed by atoms with Crippen molar-refractivity contribution in [2.24, 2.45) is 0 Å². The first-order valence-electron chi connectivity index (χ1n) is 15.1. The van der Waals surface area contributed by atoms with E-state index in [-0.39, 0.29) is 17.4 Å². The van der Waals surface area contributed by atoms with E-state index >= 15 is 0 Å². The van der Waals surface area contributed by atoms with E-state index in [0.717, 1.165) is 26.2 Å². The summed E-state index contributed by atoms with van der Waals surface area (Å²) in [6.07, 6.45) is 14.3. The van der Waals surface area contributed by atoms with Crippen molar-refractivity contribution in [3.8, 4) is 0 Å². The average molecular weight is 541 g/mol. The first-order chi connectivity index (χ1) is 19.5. The zero-order chi connectivity index (χ0) is 27.5. The molecule has 0 atom stereocenters. The van der Waals surface area contributed by atoms with Gasteiger partial charge in [-0.25, -0.2) is 4.98 Å². The molecule has 1 aromatic heterocycles. The van der Waals surface area contributed by atoms with Gasteiger partial charge in [0.2, 0.25) is 0 Å². The van der Waals surface area contributed by atoms with E-state index in [9.17, 15) is 14.7 Å². The first kappa shape index (κ1) is 26.8. The van der Waals surface area contributed by atoms with Crippen molar-refractivity contribution >= 4 is 28.8 Å². The number of piperazine rings is 1. The van der Waals surface area contributed by atoms with Crippen molar-refractivity contribution in [2.45, 2.75) is 76.2 Å². The molecule has 6 rings (SSSR count). The number of carbonyl (C=O) groups is 1. The van der Waals surface area contributed by atoms with E-state index in [1.807, 2.05) is 17.0 Å². The lowest BCUT2D eigenvalue weighted by atomic mass is 9.84. The second-order valence-corrected chi connectivity index (χ2v) is 11.8. The third-order valence-electron chi connectivity index (χ3n) is 9.21. The Kier molecular flexibility index (Phi) is 8.00. The fourth-order valence-electron chi connectivity index (χ4n) is 6.83. The number of hydrogen-bond donors (Lipinski definition) is 2. The van der Waals surface area contributed by atoms with E-state index in [1.54, 1.807) is 18.2 Å². The van der Waals surface area contributed by atoms with Gasteiger partial charge in [0.25, 0.3) is 11.5 Å². The number of fused-ring (bicyclic) bond motifs is 1. The zero-order valence-electron chi connectivity index (χ0n) is 23.3. The summed E-state index contributed by atoms with van der Waals surface area (Å²) in [6.45, 7) is 3.30. The molecule has 0 radical (unpaired) electrons. The fraction of sp³-hybridized carbons (Fsp3) is 0.485. The van der Waals surface area contributed by atoms with Crippen LogP contribution in [-0.2, 0) is 0 Å². The van der Waals surface area contributed by atoms with Crippen LogP contribution in [-0.4, -0.2) is 63.0 Å². The van der Waals surface area contributed by atoms with Gasteiger partial charge in [-0.05, 0) is 55.4 Å². The van der Waals surface area contributed by atoms with Crippen LogP contribution in [0.1, 0.15) is 97.3 Å². The molecule has 0 bridgehead atoms. The average Bonchev–Trinajstić information content (AvgIpc) is 3.02. The topological polar surface area (TPSA) is 89.5 Å². The summed E-state index contributed by atoms with van der Waals surface area (Å²) in [4.78, 5) is 37.9. The molecule has 2 heterocycles. The predicted octanol–water partition coefficient (Wildman–Crippen LogP) is 6.12. The van der Waals surface area contributed by atoms with Gasteiger partial charge >= 0.3 is 0 Å². The van der Waals surface area contributed by atoms with Gasteiger partial charge in [-0.2, -0.15) is 0 Å². The fourth-order valence-corrected chi connectivity index (χ4v) is 6.83. The van der Waals surface area contributed by atoms with Gasteiger partial charge in [0, 0.05) is 49.4 Å². The Morgan fingerprint density at radius 1 is 0.850 bits per heavy atom. The molecule has 2 saturated carbocycles. The Balaban J connectivity index is 1.14. The zero-order valence-corrected chi connectivity index (χ0v) is 23.3. The van der Waals surface area contributed by atoms with E-state index in [1.165, 1.54) is 75.8 Å². The number of rotatable bonds is 5. The Labute approximate surface area is 235 Å². The number of aliphatic hydroxyl groups excluding tert-OH is 1. The van der Waals surface area contributed by atoms with E-state index < -0.39 is 5.56 Å². The number of aromatic nitrogens is 2. The van der Waals surface area contributed by atoms with Crippen molar-refractivity contribution in [2.75, 3.05) is 26.2 Å². The van der Waals surface area contributed by atoms with Crippen LogP contribution in [0.5, 0.6) is 0 Å². The van der Waals surface area contributed by atoms with Gasteiger partial charge < -0.3 is 15.0 Å². The smallest absolute Gasteiger partial charge is 0.274 e. The molecular weight excluding hydrogens is 500 g/mol. The molecule has 2 aromatic carbocycles. The largest absolute Gasteiger partial charge is 0.507 e. The van der Waals surface area contributed by atoms with E-state index in [0.29, 0.717) is 34.1 Å². The van der Waals surface area contributed by atoms with Crippen molar-refractivity contribution in [3.63, 3.8) is 0 Å². The Bertz CT molecular complexity index is 1420. The molecule has 7 nitrogen and oxygen atoms in total. The van der Waals surface area contributed by atoms with Crippen LogP contribution in [0.2, 0.25) is 0 Å². The molecule has 1 amide bonds. The van der Waals surface area contributed by atoms with Gasteiger partial charge in [0.15, 0.2) is 0 Å². The summed E-state index contributed by atoms with van der Waals surface area (Å²) in [7, 11) is 0. The Hall–Kier alpha value is -3.45. The van der Waals surface area contributed by atoms with Gasteiger partial charge in [-0.3, -0.25) is 14.5 Å². The molecule has 2 aliphatic carbocycles. The van der Waals surface area contributed by atoms with Crippen LogP contribution in [0.15, 0.2) is 47.3 Å². The molecule has 3 fully saturated rings. The number of benzene rings is 2. The molecule has 3 aromatic rings. The van der Waals surface area contributed by atoms with E-state index in [2.05, 4.69) is 27.0 Å². The number of aromatic amines is 1. The third-order valence-corrected chi connectivity index (χ3v) is 9.21. The lowest BCUT2D eigenvalue weighted by Crippen LogP contribution is -2.52. The Morgan fingerprint density at radius 2 is 1.50 bits per heavy atom. The van der Waals surface area contributed by atoms with Crippen LogP contribution in [0.3, 0.4) is 0 Å². The van der Waals surface area contributed by atoms with Crippen LogP contribution in [0, 0.1) is 0 Å². The van der Waals surface area contributed by atoms with Crippen molar-refractivity contribution in [1.29, 1.82) is 0 Å². The highest BCUT2D eigenvalue weighted by Gasteiger charge is 2.27. The lowest BCUT2D eigenvalue weighted by Gasteiger charge is -2.40. The second-order valence-electron chi connectivity index (χ2n) is 11.8.